The topological polar surface area (TPSA) is 32.3 Å². The number of nitrogens with zero attached hydrogens (tertiary/aromatic N) is 1. The zero-order chi connectivity index (χ0) is 13.4. The number of rotatable bonds is 9. The molecular weight excluding hydrogens is 224 g/mol. The van der Waals surface area contributed by atoms with Crippen LogP contribution in [-0.2, 0) is 4.79 Å². The smallest absolute Gasteiger partial charge is 0.241 e. The van der Waals surface area contributed by atoms with Gasteiger partial charge in [-0.05, 0) is 12.3 Å². The van der Waals surface area contributed by atoms with Crippen LogP contribution in [0.15, 0.2) is 0 Å². The maximum absolute atomic E-state index is 12.1. The first-order valence-corrected chi connectivity index (χ1v) is 7.72. The van der Waals surface area contributed by atoms with Crippen molar-refractivity contribution in [3.63, 3.8) is 0 Å². The summed E-state index contributed by atoms with van der Waals surface area (Å²) < 4.78 is 0. The maximum Gasteiger partial charge on any atom is 0.241 e. The predicted octanol–water partition coefficient (Wildman–Crippen LogP) is 3.15. The van der Waals surface area contributed by atoms with Gasteiger partial charge in [-0.2, -0.15) is 0 Å². The lowest BCUT2D eigenvalue weighted by Gasteiger charge is -2.17. The first-order valence-electron chi connectivity index (χ1n) is 7.72. The highest BCUT2D eigenvalue weighted by Crippen LogP contribution is 2.16. The van der Waals surface area contributed by atoms with Crippen LogP contribution in [0.5, 0.6) is 0 Å². The third-order valence-corrected chi connectivity index (χ3v) is 4.07. The van der Waals surface area contributed by atoms with Gasteiger partial charge < -0.3 is 4.90 Å². The summed E-state index contributed by atoms with van der Waals surface area (Å²) in [6, 6.07) is 0.0649. The molecule has 0 saturated carbocycles. The number of amides is 1. The third kappa shape index (κ3) is 4.60. The van der Waals surface area contributed by atoms with E-state index in [9.17, 15) is 4.79 Å². The first kappa shape index (κ1) is 15.5. The summed E-state index contributed by atoms with van der Waals surface area (Å²) in [6.45, 7) is 8.23. The Hall–Kier alpha value is -0.570. The minimum absolute atomic E-state index is 0.0649. The molecule has 1 rings (SSSR count). The molecule has 1 aliphatic rings. The van der Waals surface area contributed by atoms with E-state index in [1.807, 2.05) is 4.90 Å². The highest BCUT2D eigenvalue weighted by molar-refractivity contribution is 5.84. The fourth-order valence-electron chi connectivity index (χ4n) is 2.52. The quantitative estimate of drug-likeness (QED) is 0.641. The molecule has 1 N–H and O–H groups in total. The van der Waals surface area contributed by atoms with Crippen LogP contribution in [0.1, 0.15) is 65.7 Å². The van der Waals surface area contributed by atoms with Crippen LogP contribution in [0.3, 0.4) is 0 Å². The molecule has 0 bridgehead atoms. The third-order valence-electron chi connectivity index (χ3n) is 4.07. The van der Waals surface area contributed by atoms with Gasteiger partial charge in [0.25, 0.3) is 0 Å². The van der Waals surface area contributed by atoms with Crippen molar-refractivity contribution in [3.05, 3.63) is 0 Å². The molecule has 1 fully saturated rings. The van der Waals surface area contributed by atoms with Crippen molar-refractivity contribution in [1.29, 1.82) is 0 Å². The summed E-state index contributed by atoms with van der Waals surface area (Å²) in [7, 11) is 0. The van der Waals surface area contributed by atoms with E-state index in [1.54, 1.807) is 0 Å². The summed E-state index contributed by atoms with van der Waals surface area (Å²) in [5, 5.41) is 3.34. The summed E-state index contributed by atoms with van der Waals surface area (Å²) in [5.74, 6) is 0.768. The zero-order valence-electron chi connectivity index (χ0n) is 12.4. The molecule has 1 heterocycles. The van der Waals surface area contributed by atoms with Crippen LogP contribution in [-0.4, -0.2) is 30.1 Å². The van der Waals surface area contributed by atoms with E-state index < -0.39 is 0 Å². The molecular formula is C15H30N2O. The Morgan fingerprint density at radius 1 is 1.22 bits per heavy atom. The Morgan fingerprint density at radius 3 is 2.56 bits per heavy atom. The van der Waals surface area contributed by atoms with E-state index in [4.69, 9.17) is 0 Å². The van der Waals surface area contributed by atoms with Crippen molar-refractivity contribution in [3.8, 4) is 0 Å². The predicted molar refractivity (Wildman–Crippen MR) is 76.3 cm³/mol. The summed E-state index contributed by atoms with van der Waals surface area (Å²) in [5.41, 5.74) is 0. The van der Waals surface area contributed by atoms with Gasteiger partial charge >= 0.3 is 0 Å². The minimum atomic E-state index is 0.0649. The second-order valence-electron chi connectivity index (χ2n) is 5.59. The van der Waals surface area contributed by atoms with Gasteiger partial charge in [-0.3, -0.25) is 10.1 Å². The lowest BCUT2D eigenvalue weighted by molar-refractivity contribution is -0.129. The molecule has 0 aromatic carbocycles. The molecule has 2 atom stereocenters. The van der Waals surface area contributed by atoms with Gasteiger partial charge in [0.1, 0.15) is 0 Å². The second kappa shape index (κ2) is 8.52. The van der Waals surface area contributed by atoms with Crippen molar-refractivity contribution < 1.29 is 4.79 Å². The van der Waals surface area contributed by atoms with Gasteiger partial charge in [0.15, 0.2) is 0 Å². The molecule has 1 amide bonds. The average molecular weight is 254 g/mol. The molecule has 18 heavy (non-hydrogen) atoms. The van der Waals surface area contributed by atoms with Gasteiger partial charge in [-0.1, -0.05) is 59.3 Å². The van der Waals surface area contributed by atoms with Crippen LogP contribution >= 0.6 is 0 Å². The molecule has 0 aliphatic carbocycles. The molecule has 106 valence electrons. The second-order valence-corrected chi connectivity index (χ2v) is 5.59. The van der Waals surface area contributed by atoms with Crippen LogP contribution in [0, 0.1) is 5.92 Å². The normalized spacial score (nSPS) is 21.6. The molecule has 0 aromatic rings. The van der Waals surface area contributed by atoms with E-state index in [2.05, 4.69) is 26.1 Å². The highest BCUT2D eigenvalue weighted by Gasteiger charge is 2.33. The molecule has 0 aromatic heterocycles. The van der Waals surface area contributed by atoms with E-state index in [1.165, 1.54) is 32.1 Å². The van der Waals surface area contributed by atoms with Gasteiger partial charge in [0.2, 0.25) is 5.91 Å². The summed E-state index contributed by atoms with van der Waals surface area (Å²) in [4.78, 5) is 14.1. The van der Waals surface area contributed by atoms with Crippen molar-refractivity contribution in [2.75, 3.05) is 13.2 Å². The van der Waals surface area contributed by atoms with Gasteiger partial charge in [-0.15, -0.1) is 0 Å². The lowest BCUT2D eigenvalue weighted by Crippen LogP contribution is -2.35. The van der Waals surface area contributed by atoms with Crippen LogP contribution in [0.2, 0.25) is 0 Å². The van der Waals surface area contributed by atoms with Crippen molar-refractivity contribution in [1.82, 2.24) is 10.2 Å². The highest BCUT2D eigenvalue weighted by atomic mass is 16.2. The molecule has 0 radical (unpaired) electrons. The molecule has 2 unspecified atom stereocenters. The largest absolute Gasteiger partial charge is 0.329 e. The monoisotopic (exact) mass is 254 g/mol. The van der Waals surface area contributed by atoms with E-state index in [0.717, 1.165) is 26.1 Å². The average Bonchev–Trinajstić information content (AvgIpc) is 2.74. The first-order chi connectivity index (χ1) is 8.70. The Kier molecular flexibility index (Phi) is 7.33. The molecule has 1 aliphatic heterocycles. The fraction of sp³-hybridized carbons (Fsp3) is 0.933. The number of hydrogen-bond acceptors (Lipinski definition) is 2. The van der Waals surface area contributed by atoms with Crippen molar-refractivity contribution in [2.45, 2.75) is 71.8 Å². The van der Waals surface area contributed by atoms with Gasteiger partial charge in [0.05, 0.1) is 12.7 Å². The molecule has 3 heteroatoms. The maximum atomic E-state index is 12.1. The summed E-state index contributed by atoms with van der Waals surface area (Å²) in [6.07, 6.45) is 8.79. The zero-order valence-corrected chi connectivity index (χ0v) is 12.4. The van der Waals surface area contributed by atoms with Crippen LogP contribution < -0.4 is 5.32 Å². The number of nitrogens with one attached hydrogen (secondary N) is 1. The van der Waals surface area contributed by atoms with E-state index in [-0.39, 0.29) is 6.04 Å². The lowest BCUT2D eigenvalue weighted by atomic mass is 9.99. The Balaban J connectivity index is 2.15. The van der Waals surface area contributed by atoms with Crippen LogP contribution in [0.25, 0.3) is 0 Å². The summed E-state index contributed by atoms with van der Waals surface area (Å²) >= 11 is 0. The van der Waals surface area contributed by atoms with Gasteiger partial charge in [-0.25, -0.2) is 0 Å². The Morgan fingerprint density at radius 2 is 1.89 bits per heavy atom. The van der Waals surface area contributed by atoms with Crippen molar-refractivity contribution >= 4 is 5.91 Å². The molecule has 0 spiro atoms. The van der Waals surface area contributed by atoms with Gasteiger partial charge in [0, 0.05) is 6.54 Å². The van der Waals surface area contributed by atoms with E-state index >= 15 is 0 Å². The molecule has 3 nitrogen and oxygen atoms in total. The Bertz CT molecular complexity index is 243. The Labute approximate surface area is 112 Å². The minimum Gasteiger partial charge on any atom is -0.329 e. The van der Waals surface area contributed by atoms with Crippen LogP contribution in [0.4, 0.5) is 0 Å². The van der Waals surface area contributed by atoms with E-state index in [0.29, 0.717) is 11.8 Å². The number of unbranched alkanes of at least 4 members (excludes halogenated alkanes) is 5. The number of carbonyl (C=O) groups excluding carboxylic acids is 1. The fourth-order valence-corrected chi connectivity index (χ4v) is 2.52. The standard InChI is InChI=1S/C15H30N2O/c1-4-6-7-8-9-10-11-17-12-16-14(15(17)18)13(3)5-2/h13-14,16H,4-12H2,1-3H3. The number of hydrogen-bond donors (Lipinski definition) is 1. The number of carbonyl (C=O) groups is 1. The van der Waals surface area contributed by atoms with Crippen molar-refractivity contribution in [2.24, 2.45) is 5.92 Å². The molecule has 1 saturated heterocycles. The SMILES string of the molecule is CCCCCCCCN1CNC(C(C)CC)C1=O.